The van der Waals surface area contributed by atoms with E-state index in [9.17, 15) is 4.39 Å². The highest BCUT2D eigenvalue weighted by Gasteiger charge is 2.15. The van der Waals surface area contributed by atoms with Crippen molar-refractivity contribution in [2.75, 3.05) is 27.7 Å². The highest BCUT2D eigenvalue weighted by atomic mass is 127. The Bertz CT molecular complexity index is 631. The summed E-state index contributed by atoms with van der Waals surface area (Å²) < 4.78 is 13.2. The molecule has 0 saturated heterocycles. The Balaban J connectivity index is 0.00000288. The summed E-state index contributed by atoms with van der Waals surface area (Å²) >= 11 is 1.75. The van der Waals surface area contributed by atoms with Gasteiger partial charge < -0.3 is 15.5 Å². The predicted molar refractivity (Wildman–Crippen MR) is 111 cm³/mol. The number of guanidine groups is 1. The molecule has 0 aliphatic carbocycles. The summed E-state index contributed by atoms with van der Waals surface area (Å²) in [6.45, 7) is 1.28. The van der Waals surface area contributed by atoms with Crippen molar-refractivity contribution in [3.05, 3.63) is 58.0 Å². The van der Waals surface area contributed by atoms with Gasteiger partial charge in [0, 0.05) is 25.0 Å². The van der Waals surface area contributed by atoms with Crippen LogP contribution in [0.1, 0.15) is 16.5 Å². The van der Waals surface area contributed by atoms with E-state index in [1.807, 2.05) is 6.07 Å². The quantitative estimate of drug-likeness (QED) is 0.393. The molecule has 0 aliphatic heterocycles. The fourth-order valence-electron chi connectivity index (χ4n) is 2.27. The standard InChI is InChI=1S/C17H23FN4S.HI/c1-19-17(20-11-13-6-4-7-14(18)10-13)21-12-15(22(2)3)16-8-5-9-23-16;/h4-10,15H,11-12H2,1-3H3,(H2,19,20,21);1H. The number of hydrogen-bond donors (Lipinski definition) is 2. The second-order valence-electron chi connectivity index (χ2n) is 5.43. The maximum Gasteiger partial charge on any atom is 0.191 e. The van der Waals surface area contributed by atoms with E-state index in [0.717, 1.165) is 12.1 Å². The molecule has 0 spiro atoms. The molecule has 132 valence electrons. The fraction of sp³-hybridized carbons (Fsp3) is 0.353. The topological polar surface area (TPSA) is 39.7 Å². The zero-order chi connectivity index (χ0) is 16.7. The summed E-state index contributed by atoms with van der Waals surface area (Å²) in [6.07, 6.45) is 0. The third-order valence-electron chi connectivity index (χ3n) is 3.53. The predicted octanol–water partition coefficient (Wildman–Crippen LogP) is 3.47. The minimum Gasteiger partial charge on any atom is -0.354 e. The van der Waals surface area contributed by atoms with E-state index in [-0.39, 0.29) is 35.8 Å². The van der Waals surface area contributed by atoms with Crippen LogP contribution in [0.25, 0.3) is 0 Å². The van der Waals surface area contributed by atoms with E-state index in [1.54, 1.807) is 24.5 Å². The molecule has 0 radical (unpaired) electrons. The van der Waals surface area contributed by atoms with Crippen molar-refractivity contribution in [1.29, 1.82) is 0 Å². The lowest BCUT2D eigenvalue weighted by Gasteiger charge is -2.24. The summed E-state index contributed by atoms with van der Waals surface area (Å²) in [5, 5.41) is 8.63. The minimum absolute atomic E-state index is 0. The molecular weight excluding hydrogens is 438 g/mol. The smallest absolute Gasteiger partial charge is 0.191 e. The van der Waals surface area contributed by atoms with Crippen molar-refractivity contribution in [1.82, 2.24) is 15.5 Å². The van der Waals surface area contributed by atoms with Gasteiger partial charge in [-0.3, -0.25) is 4.99 Å². The van der Waals surface area contributed by atoms with E-state index in [1.165, 1.54) is 17.0 Å². The van der Waals surface area contributed by atoms with E-state index >= 15 is 0 Å². The van der Waals surface area contributed by atoms with Crippen LogP contribution in [-0.2, 0) is 6.54 Å². The van der Waals surface area contributed by atoms with E-state index in [4.69, 9.17) is 0 Å². The van der Waals surface area contributed by atoms with E-state index in [0.29, 0.717) is 12.5 Å². The Morgan fingerprint density at radius 1 is 1.25 bits per heavy atom. The second kappa shape index (κ2) is 10.6. The summed E-state index contributed by atoms with van der Waals surface area (Å²) in [5.74, 6) is 0.482. The summed E-state index contributed by atoms with van der Waals surface area (Å²) in [5.41, 5.74) is 0.885. The molecule has 1 heterocycles. The number of aliphatic imine (C=N–C) groups is 1. The Morgan fingerprint density at radius 2 is 2.04 bits per heavy atom. The SMILES string of the molecule is CN=C(NCc1cccc(F)c1)NCC(c1cccs1)N(C)C.I. The van der Waals surface area contributed by atoms with Crippen LogP contribution in [0.3, 0.4) is 0 Å². The Morgan fingerprint density at radius 3 is 2.62 bits per heavy atom. The van der Waals surface area contributed by atoms with Gasteiger partial charge in [0.05, 0.1) is 6.04 Å². The first-order valence-corrected chi connectivity index (χ1v) is 8.37. The van der Waals surface area contributed by atoms with Gasteiger partial charge in [0.15, 0.2) is 5.96 Å². The van der Waals surface area contributed by atoms with Gasteiger partial charge in [0.2, 0.25) is 0 Å². The minimum atomic E-state index is -0.224. The molecule has 1 aromatic carbocycles. The maximum atomic E-state index is 13.2. The highest BCUT2D eigenvalue weighted by molar-refractivity contribution is 14.0. The zero-order valence-corrected chi connectivity index (χ0v) is 17.3. The summed E-state index contributed by atoms with van der Waals surface area (Å²) in [4.78, 5) is 7.71. The van der Waals surface area contributed by atoms with Crippen LogP contribution < -0.4 is 10.6 Å². The normalized spacial score (nSPS) is 12.6. The molecule has 7 heteroatoms. The average molecular weight is 462 g/mol. The number of halogens is 2. The second-order valence-corrected chi connectivity index (χ2v) is 6.41. The molecule has 0 fully saturated rings. The molecule has 2 N–H and O–H groups in total. The lowest BCUT2D eigenvalue weighted by molar-refractivity contribution is 0.302. The van der Waals surface area contributed by atoms with Gasteiger partial charge in [-0.15, -0.1) is 35.3 Å². The van der Waals surface area contributed by atoms with Crippen molar-refractivity contribution >= 4 is 41.3 Å². The molecule has 2 rings (SSSR count). The van der Waals surface area contributed by atoms with Crippen LogP contribution in [0.5, 0.6) is 0 Å². The highest BCUT2D eigenvalue weighted by Crippen LogP contribution is 2.22. The molecule has 0 amide bonds. The van der Waals surface area contributed by atoms with Gasteiger partial charge in [-0.05, 0) is 43.2 Å². The Kier molecular flexibility index (Phi) is 9.24. The first-order chi connectivity index (χ1) is 11.1. The number of thiophene rings is 1. The van der Waals surface area contributed by atoms with Crippen LogP contribution in [0.4, 0.5) is 4.39 Å². The monoisotopic (exact) mass is 462 g/mol. The van der Waals surface area contributed by atoms with Crippen molar-refractivity contribution < 1.29 is 4.39 Å². The molecule has 0 saturated carbocycles. The molecule has 1 aromatic heterocycles. The van der Waals surface area contributed by atoms with Crippen LogP contribution in [-0.4, -0.2) is 38.5 Å². The molecule has 4 nitrogen and oxygen atoms in total. The van der Waals surface area contributed by atoms with Crippen LogP contribution in [0.2, 0.25) is 0 Å². The molecule has 0 aliphatic rings. The number of hydrogen-bond acceptors (Lipinski definition) is 3. The summed E-state index contributed by atoms with van der Waals surface area (Å²) in [7, 11) is 5.86. The average Bonchev–Trinajstić information content (AvgIpc) is 3.04. The van der Waals surface area contributed by atoms with Crippen LogP contribution >= 0.6 is 35.3 Å². The zero-order valence-electron chi connectivity index (χ0n) is 14.1. The lowest BCUT2D eigenvalue weighted by Crippen LogP contribution is -2.41. The largest absolute Gasteiger partial charge is 0.354 e. The first-order valence-electron chi connectivity index (χ1n) is 7.49. The van der Waals surface area contributed by atoms with Crippen molar-refractivity contribution in [2.24, 2.45) is 4.99 Å². The first kappa shape index (κ1) is 20.9. The lowest BCUT2D eigenvalue weighted by atomic mass is 10.2. The van der Waals surface area contributed by atoms with Gasteiger partial charge in [0.25, 0.3) is 0 Å². The number of likely N-dealkylation sites (N-methyl/N-ethyl adjacent to an activating group) is 1. The van der Waals surface area contributed by atoms with Crippen molar-refractivity contribution in [3.8, 4) is 0 Å². The molecule has 1 atom stereocenters. The maximum absolute atomic E-state index is 13.2. The van der Waals surface area contributed by atoms with Gasteiger partial charge in [0.1, 0.15) is 5.82 Å². The van der Waals surface area contributed by atoms with Gasteiger partial charge in [-0.1, -0.05) is 18.2 Å². The summed E-state index contributed by atoms with van der Waals surface area (Å²) in [6, 6.07) is 11.0. The van der Waals surface area contributed by atoms with Gasteiger partial charge in [-0.25, -0.2) is 4.39 Å². The van der Waals surface area contributed by atoms with Crippen molar-refractivity contribution in [2.45, 2.75) is 12.6 Å². The molecule has 1 unspecified atom stereocenters. The number of nitrogens with one attached hydrogen (secondary N) is 2. The van der Waals surface area contributed by atoms with E-state index in [2.05, 4.69) is 52.1 Å². The number of benzene rings is 1. The van der Waals surface area contributed by atoms with Crippen LogP contribution in [0.15, 0.2) is 46.8 Å². The van der Waals surface area contributed by atoms with Gasteiger partial charge in [-0.2, -0.15) is 0 Å². The molecule has 0 bridgehead atoms. The van der Waals surface area contributed by atoms with Crippen LogP contribution in [0, 0.1) is 5.82 Å². The third kappa shape index (κ3) is 6.37. The fourth-order valence-corrected chi connectivity index (χ4v) is 3.19. The van der Waals surface area contributed by atoms with E-state index < -0.39 is 0 Å². The molecule has 2 aromatic rings. The van der Waals surface area contributed by atoms with Gasteiger partial charge >= 0.3 is 0 Å². The third-order valence-corrected chi connectivity index (χ3v) is 4.50. The van der Waals surface area contributed by atoms with Crippen molar-refractivity contribution in [3.63, 3.8) is 0 Å². The Hall–Kier alpha value is -1.19. The molecule has 24 heavy (non-hydrogen) atoms. The Labute approximate surface area is 164 Å². The number of nitrogens with zero attached hydrogens (tertiary/aromatic N) is 2. The number of rotatable bonds is 6. The molecular formula is C17H24FIN4S.